The molecule has 1 atom stereocenters. The van der Waals surface area contributed by atoms with Crippen molar-refractivity contribution < 1.29 is 14.3 Å². The molecule has 1 unspecified atom stereocenters. The van der Waals surface area contributed by atoms with Gasteiger partial charge in [0.1, 0.15) is 5.82 Å². The van der Waals surface area contributed by atoms with E-state index >= 15 is 0 Å². The lowest BCUT2D eigenvalue weighted by Crippen LogP contribution is -2.12. The van der Waals surface area contributed by atoms with E-state index in [1.807, 2.05) is 18.2 Å². The Balaban J connectivity index is 2.02. The Hall–Kier alpha value is -2.15. The van der Waals surface area contributed by atoms with Gasteiger partial charge in [0.25, 0.3) is 0 Å². The van der Waals surface area contributed by atoms with E-state index in [1.54, 1.807) is 32.2 Å². The molecule has 2 heterocycles. The lowest BCUT2D eigenvalue weighted by molar-refractivity contribution is -0.113. The molecule has 0 saturated carbocycles. The third kappa shape index (κ3) is 2.56. The molecular formula is C14H15N3O3S. The zero-order valence-corrected chi connectivity index (χ0v) is 12.5. The summed E-state index contributed by atoms with van der Waals surface area (Å²) in [5, 5.41) is 9.68. The van der Waals surface area contributed by atoms with Gasteiger partial charge < -0.3 is 14.8 Å². The van der Waals surface area contributed by atoms with Crippen LogP contribution in [-0.4, -0.2) is 36.1 Å². The minimum atomic E-state index is -0.0338. The van der Waals surface area contributed by atoms with Gasteiger partial charge in [-0.3, -0.25) is 9.89 Å². The lowest BCUT2D eigenvalue weighted by atomic mass is 10.1. The monoisotopic (exact) mass is 305 g/mol. The van der Waals surface area contributed by atoms with Crippen LogP contribution in [0, 0.1) is 0 Å². The van der Waals surface area contributed by atoms with Crippen LogP contribution in [-0.2, 0) is 4.79 Å². The number of nitrogens with zero attached hydrogens (tertiary/aromatic N) is 1. The maximum Gasteiger partial charge on any atom is 0.235 e. The van der Waals surface area contributed by atoms with Gasteiger partial charge in [0.05, 0.1) is 31.4 Å². The first-order valence-corrected chi connectivity index (χ1v) is 7.44. The first-order chi connectivity index (χ1) is 10.2. The van der Waals surface area contributed by atoms with Crippen molar-refractivity contribution in [3.05, 3.63) is 35.5 Å². The minimum Gasteiger partial charge on any atom is -0.493 e. The highest BCUT2D eigenvalue weighted by molar-refractivity contribution is 8.00. The van der Waals surface area contributed by atoms with E-state index in [9.17, 15) is 4.79 Å². The number of amides is 1. The topological polar surface area (TPSA) is 76.2 Å². The third-order valence-electron chi connectivity index (χ3n) is 3.31. The number of fused-ring (bicyclic) bond motifs is 1. The number of benzene rings is 1. The molecule has 0 fully saturated rings. The number of hydrogen-bond donors (Lipinski definition) is 2. The van der Waals surface area contributed by atoms with E-state index in [1.165, 1.54) is 0 Å². The number of aromatic amines is 1. The largest absolute Gasteiger partial charge is 0.493 e. The van der Waals surface area contributed by atoms with Crippen LogP contribution in [0.25, 0.3) is 0 Å². The number of carbonyl (C=O) groups excluding carboxylic acids is 1. The SMILES string of the molecule is COc1ccc(C2SCC(=O)Nc3[nH]ncc32)cc1OC. The van der Waals surface area contributed by atoms with E-state index in [2.05, 4.69) is 15.5 Å². The first-order valence-electron chi connectivity index (χ1n) is 6.39. The molecule has 1 aromatic heterocycles. The number of rotatable bonds is 3. The quantitative estimate of drug-likeness (QED) is 0.909. The predicted molar refractivity (Wildman–Crippen MR) is 81.1 cm³/mol. The molecule has 2 aromatic rings. The van der Waals surface area contributed by atoms with Gasteiger partial charge in [-0.2, -0.15) is 5.10 Å². The summed E-state index contributed by atoms with van der Waals surface area (Å²) >= 11 is 1.56. The van der Waals surface area contributed by atoms with Crippen LogP contribution in [0.15, 0.2) is 24.4 Å². The summed E-state index contributed by atoms with van der Waals surface area (Å²) in [5.41, 5.74) is 2.00. The first kappa shape index (κ1) is 13.8. The van der Waals surface area contributed by atoms with Gasteiger partial charge in [-0.05, 0) is 17.7 Å². The molecular weight excluding hydrogens is 290 g/mol. The van der Waals surface area contributed by atoms with Crippen LogP contribution in [0.5, 0.6) is 11.5 Å². The number of thioether (sulfide) groups is 1. The number of aromatic nitrogens is 2. The fourth-order valence-corrected chi connectivity index (χ4v) is 3.40. The van der Waals surface area contributed by atoms with Crippen LogP contribution in [0.3, 0.4) is 0 Å². The molecule has 21 heavy (non-hydrogen) atoms. The number of nitrogens with one attached hydrogen (secondary N) is 2. The summed E-state index contributed by atoms with van der Waals surface area (Å²) in [7, 11) is 3.21. The van der Waals surface area contributed by atoms with Crippen molar-refractivity contribution in [3.8, 4) is 11.5 Å². The summed E-state index contributed by atoms with van der Waals surface area (Å²) in [6.45, 7) is 0. The van der Waals surface area contributed by atoms with Gasteiger partial charge in [0.2, 0.25) is 5.91 Å². The van der Waals surface area contributed by atoms with Crippen LogP contribution in [0.1, 0.15) is 16.4 Å². The van der Waals surface area contributed by atoms with Crippen molar-refractivity contribution >= 4 is 23.5 Å². The average Bonchev–Trinajstić information content (AvgIpc) is 2.89. The Morgan fingerprint density at radius 1 is 1.29 bits per heavy atom. The van der Waals surface area contributed by atoms with Crippen molar-refractivity contribution in [2.45, 2.75) is 5.25 Å². The minimum absolute atomic E-state index is 0.0116. The highest BCUT2D eigenvalue weighted by Gasteiger charge is 2.26. The van der Waals surface area contributed by atoms with Gasteiger partial charge >= 0.3 is 0 Å². The second-order valence-electron chi connectivity index (χ2n) is 4.55. The number of H-pyrrole nitrogens is 1. The number of ether oxygens (including phenoxy) is 2. The maximum absolute atomic E-state index is 11.7. The zero-order valence-electron chi connectivity index (χ0n) is 11.7. The van der Waals surface area contributed by atoms with E-state index in [0.717, 1.165) is 11.1 Å². The zero-order chi connectivity index (χ0) is 14.8. The molecule has 2 N–H and O–H groups in total. The molecule has 1 aromatic carbocycles. The molecule has 0 saturated heterocycles. The molecule has 6 nitrogen and oxygen atoms in total. The Morgan fingerprint density at radius 3 is 2.86 bits per heavy atom. The van der Waals surface area contributed by atoms with Crippen LogP contribution in [0.2, 0.25) is 0 Å². The Kier molecular flexibility index (Phi) is 3.74. The van der Waals surface area contributed by atoms with Gasteiger partial charge in [-0.15, -0.1) is 11.8 Å². The number of hydrogen-bond acceptors (Lipinski definition) is 5. The molecule has 0 spiro atoms. The third-order valence-corrected chi connectivity index (χ3v) is 4.60. The molecule has 0 radical (unpaired) electrons. The Bertz CT molecular complexity index is 671. The molecule has 1 aliphatic heterocycles. The van der Waals surface area contributed by atoms with Crippen LogP contribution < -0.4 is 14.8 Å². The van der Waals surface area contributed by atoms with Crippen LogP contribution in [0.4, 0.5) is 5.82 Å². The van der Waals surface area contributed by atoms with Gasteiger partial charge in [-0.25, -0.2) is 0 Å². The summed E-state index contributed by atoms with van der Waals surface area (Å²) in [4.78, 5) is 11.7. The summed E-state index contributed by atoms with van der Waals surface area (Å²) in [5.74, 6) is 2.37. The molecule has 0 aliphatic carbocycles. The smallest absolute Gasteiger partial charge is 0.235 e. The number of anilines is 1. The van der Waals surface area contributed by atoms with Crippen molar-refractivity contribution in [3.63, 3.8) is 0 Å². The predicted octanol–water partition coefficient (Wildman–Crippen LogP) is 2.20. The highest BCUT2D eigenvalue weighted by atomic mass is 32.2. The molecule has 110 valence electrons. The summed E-state index contributed by atoms with van der Waals surface area (Å²) in [6.07, 6.45) is 1.75. The summed E-state index contributed by atoms with van der Waals surface area (Å²) in [6, 6.07) is 5.78. The van der Waals surface area contributed by atoms with Gasteiger partial charge in [0.15, 0.2) is 11.5 Å². The second kappa shape index (κ2) is 5.69. The van der Waals surface area contributed by atoms with E-state index in [0.29, 0.717) is 23.1 Å². The maximum atomic E-state index is 11.7. The van der Waals surface area contributed by atoms with Gasteiger partial charge in [0, 0.05) is 5.56 Å². The molecule has 1 amide bonds. The molecule has 1 aliphatic rings. The number of methoxy groups -OCH3 is 2. The van der Waals surface area contributed by atoms with E-state index < -0.39 is 0 Å². The van der Waals surface area contributed by atoms with Gasteiger partial charge in [-0.1, -0.05) is 6.07 Å². The van der Waals surface area contributed by atoms with E-state index in [4.69, 9.17) is 9.47 Å². The molecule has 3 rings (SSSR count). The Labute approximate surface area is 126 Å². The van der Waals surface area contributed by atoms with Crippen molar-refractivity contribution in [2.75, 3.05) is 25.3 Å². The standard InChI is InChI=1S/C14H15N3O3S/c1-19-10-4-3-8(5-11(10)20-2)13-9-6-15-17-14(9)16-12(18)7-21-13/h3-6,13H,7H2,1-2H3,(H2,15,16,17,18). The molecule has 7 heteroatoms. The van der Waals surface area contributed by atoms with Crippen molar-refractivity contribution in [2.24, 2.45) is 0 Å². The normalized spacial score (nSPS) is 17.6. The van der Waals surface area contributed by atoms with E-state index in [-0.39, 0.29) is 11.2 Å². The highest BCUT2D eigenvalue weighted by Crippen LogP contribution is 2.42. The van der Waals surface area contributed by atoms with Crippen LogP contribution >= 0.6 is 11.8 Å². The Morgan fingerprint density at radius 2 is 2.10 bits per heavy atom. The molecule has 0 bridgehead atoms. The van der Waals surface area contributed by atoms with Crippen molar-refractivity contribution in [1.82, 2.24) is 10.2 Å². The average molecular weight is 305 g/mol. The fraction of sp³-hybridized carbons (Fsp3) is 0.286. The second-order valence-corrected chi connectivity index (χ2v) is 5.65. The number of carbonyl (C=O) groups is 1. The van der Waals surface area contributed by atoms with Crippen molar-refractivity contribution in [1.29, 1.82) is 0 Å². The summed E-state index contributed by atoms with van der Waals surface area (Å²) < 4.78 is 10.6. The lowest BCUT2D eigenvalue weighted by Gasteiger charge is -2.16. The fourth-order valence-electron chi connectivity index (χ4n) is 2.31.